The van der Waals surface area contributed by atoms with Crippen LogP contribution in [0.4, 0.5) is 0 Å². The van der Waals surface area contributed by atoms with Crippen LogP contribution in [0.15, 0.2) is 28.9 Å². The Labute approximate surface area is 147 Å². The Bertz CT molecular complexity index is 783. The van der Waals surface area contributed by atoms with E-state index in [1.807, 2.05) is 19.1 Å². The van der Waals surface area contributed by atoms with E-state index >= 15 is 0 Å². The maximum atomic E-state index is 12.2. The van der Waals surface area contributed by atoms with Crippen LogP contribution < -0.4 is 5.73 Å². The normalized spacial score (nSPS) is 14.5. The Hall–Kier alpha value is -2.22. The molecule has 0 spiro atoms. The third-order valence-electron chi connectivity index (χ3n) is 4.20. The minimum absolute atomic E-state index is 0.0597. The van der Waals surface area contributed by atoms with Gasteiger partial charge in [0.2, 0.25) is 5.91 Å². The molecule has 8 heteroatoms. The molecule has 0 unspecified atom stereocenters. The van der Waals surface area contributed by atoms with E-state index in [1.165, 1.54) is 11.8 Å². The summed E-state index contributed by atoms with van der Waals surface area (Å²) >= 11 is 3.47. The number of nitrogens with two attached hydrogens (primary N) is 1. The zero-order valence-electron chi connectivity index (χ0n) is 13.3. The van der Waals surface area contributed by atoms with Crippen LogP contribution in [0.2, 0.25) is 0 Å². The molecule has 0 radical (unpaired) electrons. The van der Waals surface area contributed by atoms with Crippen LogP contribution in [0.1, 0.15) is 34.1 Å². The predicted molar refractivity (Wildman–Crippen MR) is 91.4 cm³/mol. The van der Waals surface area contributed by atoms with Gasteiger partial charge in [0.1, 0.15) is 0 Å². The van der Waals surface area contributed by atoms with Gasteiger partial charge in [-0.05, 0) is 30.5 Å². The van der Waals surface area contributed by atoms with Gasteiger partial charge in [0.15, 0.2) is 5.69 Å². The molecule has 1 aromatic carbocycles. The molecular formula is C16H18BrN5O2. The van der Waals surface area contributed by atoms with Gasteiger partial charge in [0.25, 0.3) is 5.91 Å². The van der Waals surface area contributed by atoms with Gasteiger partial charge in [0, 0.05) is 24.0 Å². The number of nitrogens with zero attached hydrogens (tertiary/aromatic N) is 4. The molecule has 2 amide bonds. The van der Waals surface area contributed by atoms with Gasteiger partial charge < -0.3 is 10.6 Å². The second-order valence-corrected chi connectivity index (χ2v) is 6.84. The number of benzene rings is 1. The fourth-order valence-corrected chi connectivity index (χ4v) is 2.91. The highest BCUT2D eigenvalue weighted by molar-refractivity contribution is 9.10. The van der Waals surface area contributed by atoms with Gasteiger partial charge >= 0.3 is 0 Å². The third-order valence-corrected chi connectivity index (χ3v) is 5.09. The fraction of sp³-hybridized carbons (Fsp3) is 0.375. The Morgan fingerprint density at radius 3 is 2.75 bits per heavy atom. The number of aromatic nitrogens is 3. The number of aryl methyl sites for hydroxylation is 2. The Kier molecular flexibility index (Phi) is 4.66. The number of rotatable bonds is 5. The van der Waals surface area contributed by atoms with E-state index in [9.17, 15) is 9.59 Å². The van der Waals surface area contributed by atoms with E-state index in [0.29, 0.717) is 19.5 Å². The van der Waals surface area contributed by atoms with Crippen molar-refractivity contribution in [3.8, 4) is 0 Å². The smallest absolute Gasteiger partial charge is 0.270 e. The standard InChI is InChI=1S/C16H18BrN5O2/c1-10-6-11(2-4-13(10)17)3-5-15(23)21-7-12(8-21)22-9-14(16(18)24)19-20-22/h2,4,6,9,12H,3,5,7-8H2,1H3,(H2,18,24). The Balaban J connectivity index is 1.49. The van der Waals surface area contributed by atoms with Gasteiger partial charge in [-0.3, -0.25) is 9.59 Å². The van der Waals surface area contributed by atoms with Crippen LogP contribution in [0.5, 0.6) is 0 Å². The summed E-state index contributed by atoms with van der Waals surface area (Å²) in [5, 5.41) is 7.60. The maximum Gasteiger partial charge on any atom is 0.270 e. The fourth-order valence-electron chi connectivity index (χ4n) is 2.67. The molecule has 2 N–H and O–H groups in total. The lowest BCUT2D eigenvalue weighted by Crippen LogP contribution is -2.51. The van der Waals surface area contributed by atoms with Gasteiger partial charge in [-0.25, -0.2) is 4.68 Å². The zero-order valence-corrected chi connectivity index (χ0v) is 14.9. The average Bonchev–Trinajstić information content (AvgIpc) is 2.97. The van der Waals surface area contributed by atoms with Crippen LogP contribution in [-0.4, -0.2) is 44.8 Å². The second kappa shape index (κ2) is 6.72. The highest BCUT2D eigenvalue weighted by Crippen LogP contribution is 2.22. The molecule has 24 heavy (non-hydrogen) atoms. The predicted octanol–water partition coefficient (Wildman–Crippen LogP) is 1.46. The molecule has 1 aliphatic heterocycles. The number of hydrogen-bond acceptors (Lipinski definition) is 4. The lowest BCUT2D eigenvalue weighted by Gasteiger charge is -2.39. The van der Waals surface area contributed by atoms with Crippen molar-refractivity contribution in [2.24, 2.45) is 5.73 Å². The van der Waals surface area contributed by atoms with E-state index in [-0.39, 0.29) is 17.6 Å². The minimum atomic E-state index is -0.599. The summed E-state index contributed by atoms with van der Waals surface area (Å²) < 4.78 is 2.67. The summed E-state index contributed by atoms with van der Waals surface area (Å²) in [7, 11) is 0. The maximum absolute atomic E-state index is 12.2. The molecule has 1 aliphatic rings. The first-order chi connectivity index (χ1) is 11.4. The molecular weight excluding hydrogens is 374 g/mol. The topological polar surface area (TPSA) is 94.1 Å². The van der Waals surface area contributed by atoms with E-state index in [2.05, 4.69) is 32.3 Å². The van der Waals surface area contributed by atoms with E-state index < -0.39 is 5.91 Å². The van der Waals surface area contributed by atoms with Crippen molar-refractivity contribution in [2.75, 3.05) is 13.1 Å². The largest absolute Gasteiger partial charge is 0.364 e. The molecule has 2 heterocycles. The average molecular weight is 392 g/mol. The second-order valence-electron chi connectivity index (χ2n) is 5.98. The zero-order chi connectivity index (χ0) is 17.3. The number of carbonyl (C=O) groups is 2. The number of carbonyl (C=O) groups excluding carboxylic acids is 2. The number of likely N-dealkylation sites (tertiary alicyclic amines) is 1. The van der Waals surface area contributed by atoms with Crippen LogP contribution >= 0.6 is 15.9 Å². The molecule has 1 aromatic heterocycles. The molecule has 0 aliphatic carbocycles. The number of primary amides is 1. The molecule has 126 valence electrons. The van der Waals surface area contributed by atoms with Gasteiger partial charge in [-0.15, -0.1) is 5.10 Å². The molecule has 0 saturated carbocycles. The molecule has 1 saturated heterocycles. The first-order valence-electron chi connectivity index (χ1n) is 7.68. The summed E-state index contributed by atoms with van der Waals surface area (Å²) in [6.45, 7) is 3.20. The number of amides is 2. The summed E-state index contributed by atoms with van der Waals surface area (Å²) in [6.07, 6.45) is 2.74. The van der Waals surface area contributed by atoms with Crippen molar-refractivity contribution in [1.82, 2.24) is 19.9 Å². The van der Waals surface area contributed by atoms with Gasteiger partial charge in [-0.2, -0.15) is 0 Å². The lowest BCUT2D eigenvalue weighted by atomic mass is 10.0. The molecule has 1 fully saturated rings. The first-order valence-corrected chi connectivity index (χ1v) is 8.48. The number of hydrogen-bond donors (Lipinski definition) is 1. The van der Waals surface area contributed by atoms with Crippen molar-refractivity contribution in [3.63, 3.8) is 0 Å². The first kappa shape index (κ1) is 16.6. The third kappa shape index (κ3) is 3.48. The van der Waals surface area contributed by atoms with Crippen LogP contribution in [-0.2, 0) is 11.2 Å². The lowest BCUT2D eigenvalue weighted by molar-refractivity contribution is -0.137. The van der Waals surface area contributed by atoms with Crippen molar-refractivity contribution < 1.29 is 9.59 Å². The summed E-state index contributed by atoms with van der Waals surface area (Å²) in [6, 6.07) is 6.20. The summed E-state index contributed by atoms with van der Waals surface area (Å²) in [5.41, 5.74) is 7.62. The molecule has 7 nitrogen and oxygen atoms in total. The van der Waals surface area contributed by atoms with Gasteiger partial charge in [-0.1, -0.05) is 33.3 Å². The Morgan fingerprint density at radius 1 is 1.38 bits per heavy atom. The quantitative estimate of drug-likeness (QED) is 0.834. The SMILES string of the molecule is Cc1cc(CCC(=O)N2CC(n3cc(C(N)=O)nn3)C2)ccc1Br. The van der Waals surface area contributed by atoms with Crippen LogP contribution in [0.25, 0.3) is 0 Å². The summed E-state index contributed by atoms with van der Waals surface area (Å²) in [4.78, 5) is 25.1. The minimum Gasteiger partial charge on any atom is -0.364 e. The van der Waals surface area contributed by atoms with Crippen molar-refractivity contribution in [3.05, 3.63) is 45.7 Å². The van der Waals surface area contributed by atoms with Crippen molar-refractivity contribution in [2.45, 2.75) is 25.8 Å². The van der Waals surface area contributed by atoms with Crippen LogP contribution in [0.3, 0.4) is 0 Å². The molecule has 3 rings (SSSR count). The van der Waals surface area contributed by atoms with Crippen molar-refractivity contribution >= 4 is 27.7 Å². The molecule has 2 aromatic rings. The Morgan fingerprint density at radius 2 is 2.12 bits per heavy atom. The molecule has 0 atom stereocenters. The van der Waals surface area contributed by atoms with Crippen molar-refractivity contribution in [1.29, 1.82) is 0 Å². The number of halogens is 1. The van der Waals surface area contributed by atoms with E-state index in [4.69, 9.17) is 5.73 Å². The highest BCUT2D eigenvalue weighted by atomic mass is 79.9. The van der Waals surface area contributed by atoms with Gasteiger partial charge in [0.05, 0.1) is 12.2 Å². The summed E-state index contributed by atoms with van der Waals surface area (Å²) in [5.74, 6) is -0.472. The highest BCUT2D eigenvalue weighted by Gasteiger charge is 2.32. The molecule has 0 bridgehead atoms. The monoisotopic (exact) mass is 391 g/mol. The van der Waals surface area contributed by atoms with Crippen LogP contribution in [0, 0.1) is 6.92 Å². The van der Waals surface area contributed by atoms with E-state index in [1.54, 1.807) is 9.58 Å². The van der Waals surface area contributed by atoms with E-state index in [0.717, 1.165) is 16.5 Å².